The van der Waals surface area contributed by atoms with Crippen molar-refractivity contribution in [2.45, 2.75) is 44.1 Å². The molecule has 2 saturated heterocycles. The smallest absolute Gasteiger partial charge is 0.0671 e. The summed E-state index contributed by atoms with van der Waals surface area (Å²) in [4.78, 5) is 7.88. The van der Waals surface area contributed by atoms with Crippen molar-refractivity contribution in [1.82, 2.24) is 4.90 Å². The molecule has 0 radical (unpaired) electrons. The van der Waals surface area contributed by atoms with Crippen molar-refractivity contribution >= 4 is 11.4 Å². The Morgan fingerprint density at radius 1 is 1.35 bits per heavy atom. The molecule has 1 aromatic rings. The van der Waals surface area contributed by atoms with Gasteiger partial charge in [0, 0.05) is 18.3 Å². The molecule has 5 rings (SSSR count). The van der Waals surface area contributed by atoms with Crippen molar-refractivity contribution in [3.8, 4) is 0 Å². The van der Waals surface area contributed by atoms with Crippen LogP contribution < -0.4 is 0 Å². The summed E-state index contributed by atoms with van der Waals surface area (Å²) >= 11 is 0. The molecule has 2 bridgehead atoms. The van der Waals surface area contributed by atoms with Crippen molar-refractivity contribution in [1.29, 1.82) is 0 Å². The van der Waals surface area contributed by atoms with E-state index >= 15 is 0 Å². The maximum absolute atomic E-state index is 5.08. The first-order valence-electron chi connectivity index (χ1n) is 8.24. The number of hydrogen-bond donors (Lipinski definition) is 0. The van der Waals surface area contributed by atoms with Crippen LogP contribution in [0.1, 0.15) is 38.2 Å². The van der Waals surface area contributed by atoms with Crippen LogP contribution in [-0.2, 0) is 5.41 Å². The summed E-state index contributed by atoms with van der Waals surface area (Å²) in [5.74, 6) is 1.79. The summed E-state index contributed by atoms with van der Waals surface area (Å²) in [6, 6.07) is 9.66. The molecule has 4 atom stereocenters. The van der Waals surface area contributed by atoms with Crippen LogP contribution in [-0.4, -0.2) is 29.7 Å². The lowest BCUT2D eigenvalue weighted by molar-refractivity contribution is 0.0667. The van der Waals surface area contributed by atoms with Gasteiger partial charge in [-0.05, 0) is 49.3 Å². The standard InChI is InChI=1S/C18H22N2/c1-2-12-11-20-8-7-18-14-5-3-4-6-15(14)19-16(18)9-13(12)10-17(18)20/h3-6,12-13,17H,2,7-11H2,1H3. The number of benzene rings is 1. The molecule has 1 spiro atoms. The molecule has 4 aliphatic rings. The van der Waals surface area contributed by atoms with Gasteiger partial charge in [-0.3, -0.25) is 9.89 Å². The quantitative estimate of drug-likeness (QED) is 0.759. The monoisotopic (exact) mass is 266 g/mol. The fourth-order valence-electron chi connectivity index (χ4n) is 5.64. The number of fused-ring (bicyclic) bond motifs is 2. The molecule has 3 aliphatic heterocycles. The van der Waals surface area contributed by atoms with Crippen LogP contribution in [0.15, 0.2) is 29.3 Å². The molecular weight excluding hydrogens is 244 g/mol. The lowest BCUT2D eigenvalue weighted by atomic mass is 9.59. The van der Waals surface area contributed by atoms with Crippen molar-refractivity contribution in [2.24, 2.45) is 16.8 Å². The summed E-state index contributed by atoms with van der Waals surface area (Å²) in [6.45, 7) is 4.98. The molecule has 1 saturated carbocycles. The fraction of sp³-hybridized carbons (Fsp3) is 0.611. The van der Waals surface area contributed by atoms with Gasteiger partial charge in [0.25, 0.3) is 0 Å². The van der Waals surface area contributed by atoms with E-state index in [4.69, 9.17) is 4.99 Å². The molecule has 20 heavy (non-hydrogen) atoms. The Hall–Kier alpha value is -1.15. The third-order valence-electron chi connectivity index (χ3n) is 6.60. The Kier molecular flexibility index (Phi) is 2.15. The number of para-hydroxylation sites is 1. The molecule has 0 amide bonds. The highest BCUT2D eigenvalue weighted by Crippen LogP contribution is 2.58. The van der Waals surface area contributed by atoms with Gasteiger partial charge in [0.05, 0.1) is 11.1 Å². The lowest BCUT2D eigenvalue weighted by Crippen LogP contribution is -2.57. The van der Waals surface area contributed by atoms with Gasteiger partial charge in [0.1, 0.15) is 0 Å². The van der Waals surface area contributed by atoms with Crippen LogP contribution in [0.5, 0.6) is 0 Å². The van der Waals surface area contributed by atoms with Crippen LogP contribution in [0.3, 0.4) is 0 Å². The average molecular weight is 266 g/mol. The summed E-state index contributed by atoms with van der Waals surface area (Å²) in [5, 5.41) is 0. The van der Waals surface area contributed by atoms with Crippen molar-refractivity contribution in [2.75, 3.05) is 13.1 Å². The van der Waals surface area contributed by atoms with E-state index in [-0.39, 0.29) is 0 Å². The second-order valence-electron chi connectivity index (χ2n) is 7.18. The van der Waals surface area contributed by atoms with E-state index in [2.05, 4.69) is 36.1 Å². The van der Waals surface area contributed by atoms with E-state index in [1.54, 1.807) is 0 Å². The molecule has 0 N–H and O–H groups in total. The number of nitrogens with zero attached hydrogens (tertiary/aromatic N) is 2. The van der Waals surface area contributed by atoms with E-state index in [0.29, 0.717) is 5.41 Å². The fourth-order valence-corrected chi connectivity index (χ4v) is 5.64. The molecule has 2 nitrogen and oxygen atoms in total. The molecule has 1 aromatic carbocycles. The van der Waals surface area contributed by atoms with Crippen LogP contribution in [0.25, 0.3) is 0 Å². The predicted octanol–water partition coefficient (Wildman–Crippen LogP) is 3.53. The van der Waals surface area contributed by atoms with Gasteiger partial charge >= 0.3 is 0 Å². The van der Waals surface area contributed by atoms with Crippen LogP contribution in [0.4, 0.5) is 5.69 Å². The van der Waals surface area contributed by atoms with Gasteiger partial charge in [-0.15, -0.1) is 0 Å². The molecular formula is C18H22N2. The third-order valence-corrected chi connectivity index (χ3v) is 6.60. The first-order chi connectivity index (χ1) is 9.83. The van der Waals surface area contributed by atoms with Crippen LogP contribution in [0.2, 0.25) is 0 Å². The molecule has 1 aliphatic carbocycles. The molecule has 104 valence electrons. The van der Waals surface area contributed by atoms with Crippen molar-refractivity contribution in [3.63, 3.8) is 0 Å². The topological polar surface area (TPSA) is 15.6 Å². The summed E-state index contributed by atoms with van der Waals surface area (Å²) in [7, 11) is 0. The van der Waals surface area contributed by atoms with Crippen molar-refractivity contribution in [3.05, 3.63) is 29.8 Å². The summed E-state index contributed by atoms with van der Waals surface area (Å²) in [5.41, 5.74) is 4.63. The van der Waals surface area contributed by atoms with Crippen LogP contribution >= 0.6 is 0 Å². The van der Waals surface area contributed by atoms with Gasteiger partial charge < -0.3 is 0 Å². The number of rotatable bonds is 1. The molecule has 3 heterocycles. The number of aliphatic imine (C=N–C) groups is 1. The van der Waals surface area contributed by atoms with Gasteiger partial charge in [0.2, 0.25) is 0 Å². The van der Waals surface area contributed by atoms with E-state index < -0.39 is 0 Å². The molecule has 2 heteroatoms. The Bertz CT molecular complexity index is 605. The molecule has 0 aromatic heterocycles. The Labute approximate surface area is 120 Å². The molecule has 4 unspecified atom stereocenters. The third kappa shape index (κ3) is 1.18. The van der Waals surface area contributed by atoms with Gasteiger partial charge in [0.15, 0.2) is 0 Å². The largest absolute Gasteiger partial charge is 0.299 e. The highest BCUT2D eigenvalue weighted by molar-refractivity contribution is 6.03. The lowest BCUT2D eigenvalue weighted by Gasteiger charge is -2.50. The minimum Gasteiger partial charge on any atom is -0.299 e. The maximum Gasteiger partial charge on any atom is 0.0671 e. The Balaban J connectivity index is 1.69. The van der Waals surface area contributed by atoms with E-state index in [9.17, 15) is 0 Å². The zero-order chi connectivity index (χ0) is 13.3. The minimum atomic E-state index is 0.297. The first kappa shape index (κ1) is 11.5. The second kappa shape index (κ2) is 3.73. The van der Waals surface area contributed by atoms with E-state index in [1.807, 2.05) is 0 Å². The summed E-state index contributed by atoms with van der Waals surface area (Å²) in [6.07, 6.45) is 5.31. The maximum atomic E-state index is 5.08. The first-order valence-corrected chi connectivity index (χ1v) is 8.24. The Morgan fingerprint density at radius 3 is 3.15 bits per heavy atom. The number of piperidine rings is 1. The van der Waals surface area contributed by atoms with E-state index in [0.717, 1.165) is 17.9 Å². The summed E-state index contributed by atoms with van der Waals surface area (Å²) < 4.78 is 0. The zero-order valence-corrected chi connectivity index (χ0v) is 12.2. The average Bonchev–Trinajstić information content (AvgIpc) is 3.02. The minimum absolute atomic E-state index is 0.297. The van der Waals surface area contributed by atoms with E-state index in [1.165, 1.54) is 55.7 Å². The van der Waals surface area contributed by atoms with Crippen LogP contribution in [0, 0.1) is 11.8 Å². The highest BCUT2D eigenvalue weighted by atomic mass is 15.2. The SMILES string of the molecule is CCC1CN2CCC34C(=Nc5ccccc53)CC1CC24. The second-order valence-corrected chi connectivity index (χ2v) is 7.18. The predicted molar refractivity (Wildman–Crippen MR) is 81.7 cm³/mol. The Morgan fingerprint density at radius 2 is 2.25 bits per heavy atom. The highest BCUT2D eigenvalue weighted by Gasteiger charge is 2.60. The normalized spacial score (nSPS) is 41.2. The van der Waals surface area contributed by atoms with Gasteiger partial charge in [-0.25, -0.2) is 0 Å². The molecule has 3 fully saturated rings. The van der Waals surface area contributed by atoms with Crippen molar-refractivity contribution < 1.29 is 0 Å². The van der Waals surface area contributed by atoms with Gasteiger partial charge in [-0.2, -0.15) is 0 Å². The zero-order valence-electron chi connectivity index (χ0n) is 12.2. The van der Waals surface area contributed by atoms with Gasteiger partial charge in [-0.1, -0.05) is 31.5 Å². The number of hydrogen-bond acceptors (Lipinski definition) is 2.